The summed E-state index contributed by atoms with van der Waals surface area (Å²) in [5, 5.41) is 4.56. The van der Waals surface area contributed by atoms with E-state index in [1.165, 1.54) is 98.5 Å². The van der Waals surface area contributed by atoms with E-state index in [1.807, 2.05) is 0 Å². The molecule has 12 heteroatoms. The smallest absolute Gasteiger partial charge is 0.141 e. The van der Waals surface area contributed by atoms with E-state index in [0.717, 1.165) is 86.0 Å². The molecule has 4 fully saturated rings. The number of rotatable bonds is 12. The van der Waals surface area contributed by atoms with Gasteiger partial charge in [0.2, 0.25) is 0 Å². The van der Waals surface area contributed by atoms with E-state index in [9.17, 15) is 0 Å². The van der Waals surface area contributed by atoms with Crippen LogP contribution in [0.2, 0.25) is 0 Å². The van der Waals surface area contributed by atoms with Gasteiger partial charge in [-0.05, 0) is 134 Å². The van der Waals surface area contributed by atoms with Gasteiger partial charge < -0.3 is 29.1 Å². The van der Waals surface area contributed by atoms with Gasteiger partial charge in [-0.2, -0.15) is 0 Å². The molecule has 0 aliphatic carbocycles. The second-order valence-corrected chi connectivity index (χ2v) is 17.7. The molecule has 4 aromatic heterocycles. The number of thiophene rings is 2. The highest BCUT2D eigenvalue weighted by Gasteiger charge is 2.26. The summed E-state index contributed by atoms with van der Waals surface area (Å²) >= 11 is 3.47. The number of anilines is 2. The maximum absolute atomic E-state index is 6.05. The Morgan fingerprint density at radius 1 is 0.673 bits per heavy atom. The van der Waals surface area contributed by atoms with Crippen LogP contribution in [0.3, 0.4) is 0 Å². The largest absolute Gasteiger partial charge is 0.381 e. The molecule has 2 atom stereocenters. The maximum Gasteiger partial charge on any atom is 0.141 e. The van der Waals surface area contributed by atoms with Crippen molar-refractivity contribution in [1.82, 2.24) is 29.7 Å². The molecule has 4 aliphatic rings. The van der Waals surface area contributed by atoms with Crippen molar-refractivity contribution in [2.75, 3.05) is 89.6 Å². The fourth-order valence-corrected chi connectivity index (χ4v) is 10.4. The van der Waals surface area contributed by atoms with Crippen molar-refractivity contribution in [3.8, 4) is 0 Å². The van der Waals surface area contributed by atoms with Gasteiger partial charge in [0.15, 0.2) is 0 Å². The molecule has 0 radical (unpaired) electrons. The number of fused-ring (bicyclic) bond motifs is 2. The van der Waals surface area contributed by atoms with E-state index in [1.54, 1.807) is 35.3 Å². The highest BCUT2D eigenvalue weighted by molar-refractivity contribution is 7.18. The number of aromatic nitrogens is 4. The Hall–Kier alpha value is -2.48. The SMILES string of the molecule is CN1CCCC1CCOCC1CCN(c2ncnc3sccc23)CC1.Cc1sc2ncnc(N3CCC(COCCC4CCCN4C)CC3)c2c1C. The minimum atomic E-state index is 0.685. The third-order valence-corrected chi connectivity index (χ3v) is 14.2. The predicted octanol–water partition coefficient (Wildman–Crippen LogP) is 7.43. The van der Waals surface area contributed by atoms with Crippen molar-refractivity contribution in [2.45, 2.75) is 90.1 Å². The second-order valence-electron chi connectivity index (χ2n) is 15.6. The number of ether oxygens (including phenoxy) is 2. The molecule has 4 aromatic rings. The fraction of sp³-hybridized carbons (Fsp3) is 0.700. The first-order valence-electron chi connectivity index (χ1n) is 19.9. The third-order valence-electron chi connectivity index (χ3n) is 12.3. The average molecular weight is 749 g/mol. The van der Waals surface area contributed by atoms with Crippen molar-refractivity contribution < 1.29 is 9.47 Å². The van der Waals surface area contributed by atoms with Crippen molar-refractivity contribution in [3.63, 3.8) is 0 Å². The zero-order valence-corrected chi connectivity index (χ0v) is 33.6. The van der Waals surface area contributed by atoms with E-state index in [4.69, 9.17) is 9.47 Å². The molecule has 284 valence electrons. The van der Waals surface area contributed by atoms with Gasteiger partial charge in [-0.3, -0.25) is 0 Å². The molecule has 4 aliphatic heterocycles. The van der Waals surface area contributed by atoms with Gasteiger partial charge in [0.1, 0.15) is 34.0 Å². The molecule has 0 aromatic carbocycles. The summed E-state index contributed by atoms with van der Waals surface area (Å²) in [5.74, 6) is 3.61. The van der Waals surface area contributed by atoms with Gasteiger partial charge in [-0.25, -0.2) is 19.9 Å². The lowest BCUT2D eigenvalue weighted by atomic mass is 9.97. The molecule has 0 bridgehead atoms. The van der Waals surface area contributed by atoms with Gasteiger partial charge >= 0.3 is 0 Å². The molecular weight excluding hydrogens is 689 g/mol. The number of nitrogens with zero attached hydrogens (tertiary/aromatic N) is 8. The summed E-state index contributed by atoms with van der Waals surface area (Å²) in [4.78, 5) is 31.4. The minimum Gasteiger partial charge on any atom is -0.381 e. The normalized spacial score (nSPS) is 22.5. The van der Waals surface area contributed by atoms with Crippen molar-refractivity contribution >= 4 is 54.7 Å². The lowest BCUT2D eigenvalue weighted by molar-refractivity contribution is 0.0769. The molecule has 0 N–H and O–H groups in total. The van der Waals surface area contributed by atoms with Gasteiger partial charge in [-0.15, -0.1) is 22.7 Å². The van der Waals surface area contributed by atoms with Crippen LogP contribution in [0.1, 0.15) is 74.6 Å². The number of aryl methyl sites for hydroxylation is 2. The zero-order valence-electron chi connectivity index (χ0n) is 32.0. The number of piperidine rings is 2. The lowest BCUT2D eigenvalue weighted by Crippen LogP contribution is -2.36. The van der Waals surface area contributed by atoms with E-state index in [-0.39, 0.29) is 0 Å². The van der Waals surface area contributed by atoms with Crippen LogP contribution in [0.5, 0.6) is 0 Å². The Kier molecular flexibility index (Phi) is 13.3. The Labute approximate surface area is 318 Å². The summed E-state index contributed by atoms with van der Waals surface area (Å²) in [6.07, 6.45) is 15.9. The Morgan fingerprint density at radius 2 is 1.21 bits per heavy atom. The van der Waals surface area contributed by atoms with Crippen LogP contribution in [0.15, 0.2) is 24.1 Å². The Balaban J connectivity index is 0.000000162. The first-order valence-corrected chi connectivity index (χ1v) is 21.6. The minimum absolute atomic E-state index is 0.685. The van der Waals surface area contributed by atoms with Crippen LogP contribution in [-0.2, 0) is 9.47 Å². The summed E-state index contributed by atoms with van der Waals surface area (Å²) in [6.45, 7) is 14.8. The van der Waals surface area contributed by atoms with Crippen LogP contribution in [0.4, 0.5) is 11.6 Å². The van der Waals surface area contributed by atoms with Gasteiger partial charge in [0, 0.05) is 69.6 Å². The first kappa shape index (κ1) is 37.8. The first-order chi connectivity index (χ1) is 25.4. The van der Waals surface area contributed by atoms with Gasteiger partial charge in [-0.1, -0.05) is 0 Å². The molecule has 2 unspecified atom stereocenters. The fourth-order valence-electron chi connectivity index (χ4n) is 8.68. The third kappa shape index (κ3) is 9.24. The van der Waals surface area contributed by atoms with Crippen LogP contribution in [-0.4, -0.2) is 122 Å². The van der Waals surface area contributed by atoms with Gasteiger partial charge in [0.25, 0.3) is 0 Å². The van der Waals surface area contributed by atoms with Crippen LogP contribution in [0, 0.1) is 25.7 Å². The molecule has 8 heterocycles. The highest BCUT2D eigenvalue weighted by atomic mass is 32.1. The van der Waals surface area contributed by atoms with Crippen molar-refractivity contribution in [2.24, 2.45) is 11.8 Å². The molecule has 8 rings (SSSR count). The topological polar surface area (TPSA) is 83.0 Å². The molecule has 10 nitrogen and oxygen atoms in total. The van der Waals surface area contributed by atoms with E-state index in [0.29, 0.717) is 11.8 Å². The quantitative estimate of drug-likeness (QED) is 0.137. The molecule has 0 amide bonds. The van der Waals surface area contributed by atoms with Crippen molar-refractivity contribution in [1.29, 1.82) is 0 Å². The van der Waals surface area contributed by atoms with Crippen LogP contribution < -0.4 is 9.80 Å². The summed E-state index contributed by atoms with van der Waals surface area (Å²) in [7, 11) is 4.49. The maximum atomic E-state index is 6.05. The Morgan fingerprint density at radius 3 is 1.77 bits per heavy atom. The standard InChI is InChI=1S/C21H32N4OS.C19H28N4OS/c1-15-16(2)27-21-19(15)20(22-14-23-21)25-10-6-17(7-11-25)13-26-12-8-18-5-4-9-24(18)3;1-22-8-2-3-16(22)6-11-24-13-15-4-9-23(10-5-15)18-17-7-12-25-19(17)21-14-20-18/h14,17-18H,4-13H2,1-3H3;7,12,14-16H,2-6,8-11,13H2,1H3. The van der Waals surface area contributed by atoms with E-state index >= 15 is 0 Å². The van der Waals surface area contributed by atoms with Crippen LogP contribution >= 0.6 is 22.7 Å². The summed E-state index contributed by atoms with van der Waals surface area (Å²) in [5.41, 5.74) is 1.34. The van der Waals surface area contributed by atoms with E-state index < -0.39 is 0 Å². The average Bonchev–Trinajstić information content (AvgIpc) is 3.98. The molecule has 0 spiro atoms. The van der Waals surface area contributed by atoms with Crippen LogP contribution in [0.25, 0.3) is 20.4 Å². The highest BCUT2D eigenvalue weighted by Crippen LogP contribution is 2.36. The molecular formula is C40H60N8O2S2. The molecule has 4 saturated heterocycles. The number of likely N-dealkylation sites (tertiary alicyclic amines) is 2. The van der Waals surface area contributed by atoms with Gasteiger partial charge in [0.05, 0.1) is 10.8 Å². The van der Waals surface area contributed by atoms with E-state index in [2.05, 4.69) is 78.9 Å². The molecule has 0 saturated carbocycles. The molecule has 52 heavy (non-hydrogen) atoms. The Bertz CT molecular complexity index is 1700. The lowest BCUT2D eigenvalue weighted by Gasteiger charge is -2.33. The number of hydrogen-bond acceptors (Lipinski definition) is 12. The second kappa shape index (κ2) is 18.2. The summed E-state index contributed by atoms with van der Waals surface area (Å²) < 4.78 is 12.1. The number of hydrogen-bond donors (Lipinski definition) is 0. The predicted molar refractivity (Wildman–Crippen MR) is 216 cm³/mol. The monoisotopic (exact) mass is 748 g/mol. The summed E-state index contributed by atoms with van der Waals surface area (Å²) in [6, 6.07) is 3.63. The zero-order chi connectivity index (χ0) is 35.9. The van der Waals surface area contributed by atoms with Crippen molar-refractivity contribution in [3.05, 3.63) is 34.5 Å².